The molecule has 3 heterocycles. The molecule has 24 heavy (non-hydrogen) atoms. The minimum Gasteiger partial charge on any atom is -0.366 e. The molecule has 0 amide bonds. The molecule has 0 aromatic heterocycles. The lowest BCUT2D eigenvalue weighted by atomic mass is 9.94. The van der Waals surface area contributed by atoms with Crippen molar-refractivity contribution >= 4 is 0 Å². The van der Waals surface area contributed by atoms with Crippen LogP contribution < -0.4 is 0 Å². The van der Waals surface area contributed by atoms with Crippen LogP contribution in [-0.2, 0) is 23.7 Å². The van der Waals surface area contributed by atoms with Gasteiger partial charge < -0.3 is 28.8 Å². The van der Waals surface area contributed by atoms with E-state index >= 15 is 0 Å². The van der Waals surface area contributed by atoms with Gasteiger partial charge in [-0.25, -0.2) is 0 Å². The third-order valence-corrected chi connectivity index (χ3v) is 6.40. The lowest BCUT2D eigenvalue weighted by Crippen LogP contribution is -2.43. The average molecular weight is 340 g/mol. The predicted molar refractivity (Wildman–Crippen MR) is 83.1 cm³/mol. The first kappa shape index (κ1) is 16.0. The Kier molecular flexibility index (Phi) is 3.92. The summed E-state index contributed by atoms with van der Waals surface area (Å²) in [4.78, 5) is 0. The van der Waals surface area contributed by atoms with Crippen LogP contribution in [0.25, 0.3) is 0 Å². The maximum absolute atomic E-state index is 10.3. The number of aliphatic hydroxyl groups excluding tert-OH is 1. The average Bonchev–Trinajstić information content (AvgIpc) is 3.24. The molecule has 0 aromatic carbocycles. The van der Waals surface area contributed by atoms with Gasteiger partial charge in [-0.2, -0.15) is 0 Å². The van der Waals surface area contributed by atoms with E-state index in [1.807, 2.05) is 0 Å². The van der Waals surface area contributed by atoms with Crippen molar-refractivity contribution in [3.63, 3.8) is 0 Å². The molecule has 2 aliphatic carbocycles. The summed E-state index contributed by atoms with van der Waals surface area (Å²) in [6.07, 6.45) is 8.64. The lowest BCUT2D eigenvalue weighted by Gasteiger charge is -2.35. The number of hydrogen-bond acceptors (Lipinski definition) is 6. The minimum absolute atomic E-state index is 0.185. The standard InChI is InChI=1S/C18H28O6/c19-16-15-14(23-18(24-15)9-5-2-6-10-18)13(21-16)12-11-20-17(22-12)7-3-1-4-8-17/h12-16,19H,1-11H2/t12-,13-,14-,15+,16-/m1/s1. The van der Waals surface area contributed by atoms with Gasteiger partial charge in [-0.05, 0) is 25.7 Å². The predicted octanol–water partition coefficient (Wildman–Crippen LogP) is 2.22. The first-order chi connectivity index (χ1) is 11.7. The van der Waals surface area contributed by atoms with E-state index in [9.17, 15) is 5.11 Å². The van der Waals surface area contributed by atoms with E-state index in [4.69, 9.17) is 23.7 Å². The van der Waals surface area contributed by atoms with Gasteiger partial charge in [0.1, 0.15) is 24.4 Å². The van der Waals surface area contributed by atoms with Crippen molar-refractivity contribution in [3.05, 3.63) is 0 Å². The fourth-order valence-electron chi connectivity index (χ4n) is 5.17. The van der Waals surface area contributed by atoms with Crippen LogP contribution in [0.3, 0.4) is 0 Å². The Morgan fingerprint density at radius 2 is 1.29 bits per heavy atom. The largest absolute Gasteiger partial charge is 0.366 e. The molecule has 3 saturated heterocycles. The van der Waals surface area contributed by atoms with E-state index in [0.29, 0.717) is 6.61 Å². The molecular formula is C18H28O6. The second kappa shape index (κ2) is 5.89. The number of ether oxygens (including phenoxy) is 5. The molecule has 3 aliphatic heterocycles. The summed E-state index contributed by atoms with van der Waals surface area (Å²) in [5.41, 5.74) is 0. The molecular weight excluding hydrogens is 312 g/mol. The van der Waals surface area contributed by atoms with E-state index in [1.54, 1.807) is 0 Å². The molecule has 1 N–H and O–H groups in total. The molecule has 5 rings (SSSR count). The fourth-order valence-corrected chi connectivity index (χ4v) is 5.17. The van der Waals surface area contributed by atoms with Gasteiger partial charge in [0, 0.05) is 25.7 Å². The first-order valence-electron chi connectivity index (χ1n) is 9.70. The molecule has 136 valence electrons. The monoisotopic (exact) mass is 340 g/mol. The number of aliphatic hydroxyl groups is 1. The summed E-state index contributed by atoms with van der Waals surface area (Å²) in [5, 5.41) is 10.3. The number of fused-ring (bicyclic) bond motifs is 1. The second-order valence-electron chi connectivity index (χ2n) is 8.07. The maximum Gasteiger partial charge on any atom is 0.184 e. The SMILES string of the molecule is O[C@@H]1O[C@H]([C@H]2COC3(CCCCC3)O2)[C@H]2OC3(CCCCC3)O[C@@H]21. The zero-order chi connectivity index (χ0) is 16.2. The minimum atomic E-state index is -0.937. The Balaban J connectivity index is 1.30. The van der Waals surface area contributed by atoms with Crippen LogP contribution in [0.1, 0.15) is 64.2 Å². The van der Waals surface area contributed by atoms with Crippen molar-refractivity contribution in [3.8, 4) is 0 Å². The highest BCUT2D eigenvalue weighted by atomic mass is 16.8. The van der Waals surface area contributed by atoms with Crippen molar-refractivity contribution in [1.29, 1.82) is 0 Å². The molecule has 6 nitrogen and oxygen atoms in total. The van der Waals surface area contributed by atoms with E-state index in [1.165, 1.54) is 12.8 Å². The van der Waals surface area contributed by atoms with Gasteiger partial charge in [0.05, 0.1) is 6.61 Å². The Labute approximate surface area is 142 Å². The summed E-state index contributed by atoms with van der Waals surface area (Å²) in [7, 11) is 0. The number of hydrogen-bond donors (Lipinski definition) is 1. The van der Waals surface area contributed by atoms with Crippen LogP contribution in [-0.4, -0.2) is 54.0 Å². The van der Waals surface area contributed by atoms with E-state index in [-0.39, 0.29) is 18.3 Å². The van der Waals surface area contributed by atoms with Gasteiger partial charge in [-0.15, -0.1) is 0 Å². The second-order valence-corrected chi connectivity index (χ2v) is 8.07. The van der Waals surface area contributed by atoms with Crippen molar-refractivity contribution < 1.29 is 28.8 Å². The zero-order valence-corrected chi connectivity index (χ0v) is 14.2. The van der Waals surface area contributed by atoms with Gasteiger partial charge in [-0.1, -0.05) is 12.8 Å². The van der Waals surface area contributed by atoms with E-state index < -0.39 is 24.0 Å². The van der Waals surface area contributed by atoms with Crippen molar-refractivity contribution in [2.45, 2.75) is 106 Å². The molecule has 0 radical (unpaired) electrons. The van der Waals surface area contributed by atoms with E-state index in [0.717, 1.165) is 51.4 Å². The Bertz CT molecular complexity index is 470. The van der Waals surface area contributed by atoms with Crippen molar-refractivity contribution in [2.75, 3.05) is 6.61 Å². The van der Waals surface area contributed by atoms with Gasteiger partial charge in [0.25, 0.3) is 0 Å². The third-order valence-electron chi connectivity index (χ3n) is 6.40. The highest BCUT2D eigenvalue weighted by Crippen LogP contribution is 2.48. The van der Waals surface area contributed by atoms with Crippen LogP contribution in [0, 0.1) is 0 Å². The Morgan fingerprint density at radius 3 is 2.00 bits per heavy atom. The molecule has 5 aliphatic rings. The van der Waals surface area contributed by atoms with Crippen LogP contribution in [0.4, 0.5) is 0 Å². The van der Waals surface area contributed by atoms with Gasteiger partial charge >= 0.3 is 0 Å². The highest BCUT2D eigenvalue weighted by molar-refractivity contribution is 5.01. The molecule has 5 atom stereocenters. The number of rotatable bonds is 1. The molecule has 5 fully saturated rings. The van der Waals surface area contributed by atoms with Crippen LogP contribution in [0.15, 0.2) is 0 Å². The van der Waals surface area contributed by atoms with Crippen LogP contribution >= 0.6 is 0 Å². The van der Waals surface area contributed by atoms with Gasteiger partial charge in [0.15, 0.2) is 17.9 Å². The summed E-state index contributed by atoms with van der Waals surface area (Å²) < 4.78 is 30.6. The Hall–Kier alpha value is -0.240. The van der Waals surface area contributed by atoms with Gasteiger partial charge in [-0.3, -0.25) is 0 Å². The highest BCUT2D eigenvalue weighted by Gasteiger charge is 2.61. The maximum atomic E-state index is 10.3. The van der Waals surface area contributed by atoms with Crippen molar-refractivity contribution in [2.24, 2.45) is 0 Å². The molecule has 0 aromatic rings. The molecule has 0 bridgehead atoms. The quantitative estimate of drug-likeness (QED) is 0.789. The fraction of sp³-hybridized carbons (Fsp3) is 1.00. The molecule has 2 spiro atoms. The topological polar surface area (TPSA) is 66.4 Å². The lowest BCUT2D eigenvalue weighted by molar-refractivity contribution is -0.260. The van der Waals surface area contributed by atoms with E-state index in [2.05, 4.69) is 0 Å². The molecule has 6 heteroatoms. The molecule has 0 unspecified atom stereocenters. The van der Waals surface area contributed by atoms with Crippen LogP contribution in [0.2, 0.25) is 0 Å². The summed E-state index contributed by atoms with van der Waals surface area (Å²) >= 11 is 0. The zero-order valence-electron chi connectivity index (χ0n) is 14.2. The Morgan fingerprint density at radius 1 is 0.667 bits per heavy atom. The normalized spacial score (nSPS) is 46.6. The van der Waals surface area contributed by atoms with Gasteiger partial charge in [0.2, 0.25) is 0 Å². The first-order valence-corrected chi connectivity index (χ1v) is 9.70. The van der Waals surface area contributed by atoms with Crippen molar-refractivity contribution in [1.82, 2.24) is 0 Å². The molecule has 2 saturated carbocycles. The summed E-state index contributed by atoms with van der Waals surface area (Å²) in [6.45, 7) is 0.511. The smallest absolute Gasteiger partial charge is 0.184 e. The summed E-state index contributed by atoms with van der Waals surface area (Å²) in [6, 6.07) is 0. The van der Waals surface area contributed by atoms with Crippen LogP contribution in [0.5, 0.6) is 0 Å². The summed E-state index contributed by atoms with van der Waals surface area (Å²) in [5.74, 6) is -0.949. The third kappa shape index (κ3) is 2.54.